The molecule has 3 aromatic carbocycles. The van der Waals surface area contributed by atoms with Gasteiger partial charge in [-0.3, -0.25) is 0 Å². The predicted octanol–water partition coefficient (Wildman–Crippen LogP) is 7.44. The van der Waals surface area contributed by atoms with Crippen LogP contribution in [0.5, 0.6) is 5.75 Å². The van der Waals surface area contributed by atoms with Crippen molar-refractivity contribution < 1.29 is 18.3 Å². The van der Waals surface area contributed by atoms with Gasteiger partial charge in [0.15, 0.2) is 0 Å². The van der Waals surface area contributed by atoms with Crippen LogP contribution in [-0.2, 0) is 6.54 Å². The summed E-state index contributed by atoms with van der Waals surface area (Å²) in [5, 5.41) is 0.784. The van der Waals surface area contributed by atoms with Gasteiger partial charge in [-0.1, -0.05) is 23.7 Å². The van der Waals surface area contributed by atoms with Gasteiger partial charge in [0.05, 0.1) is 5.02 Å². The Balaban J connectivity index is 1.85. The number of ether oxygens (including phenoxy) is 1. The van der Waals surface area contributed by atoms with Crippen LogP contribution in [0.4, 0.5) is 13.6 Å². The molecule has 0 unspecified atom stereocenters. The van der Waals surface area contributed by atoms with Crippen LogP contribution in [-0.4, -0.2) is 28.6 Å². The Hall–Kier alpha value is -3.38. The van der Waals surface area contributed by atoms with Crippen molar-refractivity contribution >= 4 is 28.6 Å². The third kappa shape index (κ3) is 4.64. The van der Waals surface area contributed by atoms with Crippen molar-refractivity contribution in [1.82, 2.24) is 9.47 Å². The number of carbonyl (C=O) groups is 1. The van der Waals surface area contributed by atoms with E-state index in [1.165, 1.54) is 24.3 Å². The van der Waals surface area contributed by atoms with E-state index in [0.717, 1.165) is 22.0 Å². The first-order valence-corrected chi connectivity index (χ1v) is 11.5. The lowest BCUT2D eigenvalue weighted by Gasteiger charge is -2.20. The van der Waals surface area contributed by atoms with Gasteiger partial charge in [-0.15, -0.1) is 0 Å². The minimum Gasteiger partial charge on any atom is -0.410 e. The summed E-state index contributed by atoms with van der Waals surface area (Å²) < 4.78 is 35.5. The van der Waals surface area contributed by atoms with E-state index >= 15 is 0 Å². The fraction of sp³-hybridized carbons (Fsp3) is 0.222. The van der Waals surface area contributed by atoms with E-state index in [1.807, 2.05) is 43.7 Å². The molecule has 0 saturated carbocycles. The largest absolute Gasteiger partial charge is 0.415 e. The quantitative estimate of drug-likeness (QED) is 0.286. The van der Waals surface area contributed by atoms with Crippen LogP contribution < -0.4 is 4.74 Å². The lowest BCUT2D eigenvalue weighted by Crippen LogP contribution is -2.33. The van der Waals surface area contributed by atoms with E-state index in [9.17, 15) is 13.6 Å². The Morgan fingerprint density at radius 3 is 2.50 bits per heavy atom. The molecule has 0 aliphatic rings. The van der Waals surface area contributed by atoms with Gasteiger partial charge in [-0.2, -0.15) is 0 Å². The van der Waals surface area contributed by atoms with Crippen LogP contribution in [0.1, 0.15) is 25.0 Å². The third-order valence-corrected chi connectivity index (χ3v) is 6.28. The van der Waals surface area contributed by atoms with Crippen molar-refractivity contribution in [2.45, 2.75) is 27.3 Å². The number of hydrogen-bond donors (Lipinski definition) is 0. The van der Waals surface area contributed by atoms with E-state index in [1.54, 1.807) is 23.1 Å². The molecule has 0 aliphatic heterocycles. The molecule has 176 valence electrons. The molecule has 0 N–H and O–H groups in total. The monoisotopic (exact) mass is 482 g/mol. The highest BCUT2D eigenvalue weighted by molar-refractivity contribution is 6.31. The molecule has 0 fully saturated rings. The fourth-order valence-corrected chi connectivity index (χ4v) is 4.24. The minimum atomic E-state index is -0.529. The lowest BCUT2D eigenvalue weighted by atomic mass is 10.0. The average Bonchev–Trinajstić information content (AvgIpc) is 3.21. The number of amides is 1. The summed E-state index contributed by atoms with van der Waals surface area (Å²) in [7, 11) is 0. The van der Waals surface area contributed by atoms with Crippen molar-refractivity contribution in [1.29, 1.82) is 0 Å². The molecule has 4 rings (SSSR count). The Labute approximate surface area is 202 Å². The maximum absolute atomic E-state index is 13.9. The normalized spacial score (nSPS) is 11.1. The number of aryl methyl sites for hydroxylation is 1. The van der Waals surface area contributed by atoms with Crippen LogP contribution in [0.15, 0.2) is 60.8 Å². The van der Waals surface area contributed by atoms with Gasteiger partial charge >= 0.3 is 6.09 Å². The summed E-state index contributed by atoms with van der Waals surface area (Å²) in [4.78, 5) is 14.3. The summed E-state index contributed by atoms with van der Waals surface area (Å²) in [6, 6.07) is 14.7. The van der Waals surface area contributed by atoms with E-state index in [0.29, 0.717) is 36.5 Å². The SMILES string of the molecule is CCN(CC)C(=O)Oc1ccc2c(ccn2Cc2cc(F)ccc2C)c1-c1ccc(F)c(Cl)c1. The first-order chi connectivity index (χ1) is 16.3. The zero-order valence-corrected chi connectivity index (χ0v) is 20.0. The highest BCUT2D eigenvalue weighted by Crippen LogP contribution is 2.39. The van der Waals surface area contributed by atoms with Crippen molar-refractivity contribution in [3.63, 3.8) is 0 Å². The fourth-order valence-electron chi connectivity index (χ4n) is 4.06. The minimum absolute atomic E-state index is 0.0228. The van der Waals surface area contributed by atoms with Crippen molar-refractivity contribution in [2.24, 2.45) is 0 Å². The van der Waals surface area contributed by atoms with Crippen LogP contribution in [0.2, 0.25) is 5.02 Å². The molecule has 1 heterocycles. The van der Waals surface area contributed by atoms with Gasteiger partial charge < -0.3 is 14.2 Å². The van der Waals surface area contributed by atoms with E-state index in [2.05, 4.69) is 0 Å². The Kier molecular flexibility index (Phi) is 6.89. The van der Waals surface area contributed by atoms with Gasteiger partial charge in [0.1, 0.15) is 17.4 Å². The Bertz CT molecular complexity index is 1360. The van der Waals surface area contributed by atoms with E-state index < -0.39 is 11.9 Å². The van der Waals surface area contributed by atoms with Gasteiger partial charge in [0.25, 0.3) is 0 Å². The van der Waals surface area contributed by atoms with E-state index in [-0.39, 0.29) is 10.8 Å². The van der Waals surface area contributed by atoms with Gasteiger partial charge in [0, 0.05) is 42.3 Å². The van der Waals surface area contributed by atoms with Crippen LogP contribution >= 0.6 is 11.6 Å². The number of aromatic nitrogens is 1. The van der Waals surface area contributed by atoms with Gasteiger partial charge in [-0.25, -0.2) is 13.6 Å². The number of hydrogen-bond acceptors (Lipinski definition) is 2. The molecule has 7 heteroatoms. The first-order valence-electron chi connectivity index (χ1n) is 11.1. The molecule has 0 saturated heterocycles. The molecule has 4 aromatic rings. The van der Waals surface area contributed by atoms with Crippen LogP contribution in [0.25, 0.3) is 22.0 Å². The summed E-state index contributed by atoms with van der Waals surface area (Å²) in [6.07, 6.45) is 1.44. The number of nitrogens with zero attached hydrogens (tertiary/aromatic N) is 2. The molecule has 4 nitrogen and oxygen atoms in total. The second-order valence-electron chi connectivity index (χ2n) is 8.06. The van der Waals surface area contributed by atoms with Gasteiger partial charge in [-0.05, 0) is 79.9 Å². The average molecular weight is 483 g/mol. The number of rotatable bonds is 6. The highest BCUT2D eigenvalue weighted by atomic mass is 35.5. The number of halogens is 3. The number of benzene rings is 3. The highest BCUT2D eigenvalue weighted by Gasteiger charge is 2.20. The first kappa shape index (κ1) is 23.8. The maximum atomic E-state index is 13.9. The molecule has 0 bridgehead atoms. The molecule has 34 heavy (non-hydrogen) atoms. The second-order valence-corrected chi connectivity index (χ2v) is 8.46. The molecule has 0 spiro atoms. The Morgan fingerprint density at radius 1 is 1.03 bits per heavy atom. The van der Waals surface area contributed by atoms with Crippen LogP contribution in [0.3, 0.4) is 0 Å². The van der Waals surface area contributed by atoms with Crippen molar-refractivity contribution in [3.05, 3.63) is 88.6 Å². The standard InChI is InChI=1S/C27H25ClF2N2O2/c1-4-31(5-2)27(33)34-25-11-10-24-21(26(25)18-7-9-23(30)22(28)15-18)12-13-32(24)16-19-14-20(29)8-6-17(19)3/h6-15H,4-5,16H2,1-3H3. The van der Waals surface area contributed by atoms with Crippen LogP contribution in [0, 0.1) is 18.6 Å². The Morgan fingerprint density at radius 2 is 1.79 bits per heavy atom. The zero-order valence-electron chi connectivity index (χ0n) is 19.2. The number of carbonyl (C=O) groups excluding carboxylic acids is 1. The van der Waals surface area contributed by atoms with Crippen molar-refractivity contribution in [2.75, 3.05) is 13.1 Å². The van der Waals surface area contributed by atoms with Crippen molar-refractivity contribution in [3.8, 4) is 16.9 Å². The topological polar surface area (TPSA) is 34.5 Å². The summed E-state index contributed by atoms with van der Waals surface area (Å²) in [6.45, 7) is 7.19. The molecule has 0 radical (unpaired) electrons. The smallest absolute Gasteiger partial charge is 0.410 e. The molecule has 0 atom stereocenters. The molecule has 1 aromatic heterocycles. The zero-order chi connectivity index (χ0) is 24.4. The number of fused-ring (bicyclic) bond motifs is 1. The second kappa shape index (κ2) is 9.85. The van der Waals surface area contributed by atoms with E-state index in [4.69, 9.17) is 16.3 Å². The lowest BCUT2D eigenvalue weighted by molar-refractivity contribution is 0.157. The summed E-state index contributed by atoms with van der Waals surface area (Å²) in [5.74, 6) is -0.463. The van der Waals surface area contributed by atoms with Gasteiger partial charge in [0.2, 0.25) is 0 Å². The third-order valence-electron chi connectivity index (χ3n) is 5.99. The molecular formula is C27H25ClF2N2O2. The summed E-state index contributed by atoms with van der Waals surface area (Å²) >= 11 is 6.08. The molecule has 0 aliphatic carbocycles. The molecular weight excluding hydrogens is 458 g/mol. The maximum Gasteiger partial charge on any atom is 0.415 e. The summed E-state index contributed by atoms with van der Waals surface area (Å²) in [5.41, 5.74) is 3.97. The predicted molar refractivity (Wildman–Crippen MR) is 132 cm³/mol. The molecule has 1 amide bonds.